The van der Waals surface area contributed by atoms with Crippen LogP contribution in [-0.4, -0.2) is 30.3 Å². The molecule has 0 radical (unpaired) electrons. The van der Waals surface area contributed by atoms with Crippen molar-refractivity contribution in [2.45, 2.75) is 40.0 Å². The van der Waals surface area contributed by atoms with Gasteiger partial charge >= 0.3 is 0 Å². The number of Topliss-reactive ketones (excluding diaryl/α,β-unsaturated/α-hetero) is 1. The van der Waals surface area contributed by atoms with Gasteiger partial charge in [0.2, 0.25) is 0 Å². The van der Waals surface area contributed by atoms with E-state index < -0.39 is 5.82 Å². The Kier molecular flexibility index (Phi) is 5.15. The summed E-state index contributed by atoms with van der Waals surface area (Å²) in [4.78, 5) is 14.7. The maximum Gasteiger partial charge on any atom is 0.169 e. The molecule has 1 aliphatic rings. The maximum atomic E-state index is 13.7. The van der Waals surface area contributed by atoms with Crippen molar-refractivity contribution >= 4 is 5.78 Å². The van der Waals surface area contributed by atoms with Crippen LogP contribution in [0.25, 0.3) is 0 Å². The van der Waals surface area contributed by atoms with Gasteiger partial charge in [-0.2, -0.15) is 0 Å². The van der Waals surface area contributed by atoms with Crippen molar-refractivity contribution < 1.29 is 9.18 Å². The van der Waals surface area contributed by atoms with Gasteiger partial charge in [-0.25, -0.2) is 4.39 Å². The molecule has 0 bridgehead atoms. The predicted molar refractivity (Wildman–Crippen MR) is 84.0 cm³/mol. The highest BCUT2D eigenvalue weighted by atomic mass is 19.1. The van der Waals surface area contributed by atoms with E-state index in [1.54, 1.807) is 18.2 Å². The smallest absolute Gasteiger partial charge is 0.169 e. The number of rotatable bonds is 5. The van der Waals surface area contributed by atoms with E-state index in [4.69, 9.17) is 0 Å². The van der Waals surface area contributed by atoms with Gasteiger partial charge in [0, 0.05) is 12.5 Å². The van der Waals surface area contributed by atoms with Crippen molar-refractivity contribution in [1.82, 2.24) is 4.90 Å². The molecule has 1 aromatic carbocycles. The predicted octanol–water partition coefficient (Wildman–Crippen LogP) is 4.16. The minimum atomic E-state index is -0.411. The van der Waals surface area contributed by atoms with Crippen molar-refractivity contribution in [3.8, 4) is 0 Å². The Bertz CT molecular complexity index is 492. The third-order valence-corrected chi connectivity index (χ3v) is 5.04. The molecular weight excluding hydrogens is 265 g/mol. The van der Waals surface area contributed by atoms with E-state index in [0.29, 0.717) is 5.41 Å². The van der Waals surface area contributed by atoms with Crippen LogP contribution < -0.4 is 0 Å². The Labute approximate surface area is 127 Å². The molecular formula is C18H26FNO. The van der Waals surface area contributed by atoms with Gasteiger partial charge in [0.05, 0.1) is 5.56 Å². The largest absolute Gasteiger partial charge is 0.303 e. The number of likely N-dealkylation sites (tertiary alicyclic amines) is 1. The molecule has 0 aliphatic carbocycles. The van der Waals surface area contributed by atoms with Gasteiger partial charge in [0.1, 0.15) is 5.82 Å². The summed E-state index contributed by atoms with van der Waals surface area (Å²) >= 11 is 0. The number of carbonyl (C=O) groups excluding carboxylic acids is 1. The van der Waals surface area contributed by atoms with Crippen LogP contribution in [0, 0.1) is 17.2 Å². The second-order valence-electron chi connectivity index (χ2n) is 6.71. The number of nitrogens with zero attached hydrogens (tertiary/aromatic N) is 1. The number of ketones is 1. The van der Waals surface area contributed by atoms with E-state index in [2.05, 4.69) is 18.7 Å². The fourth-order valence-corrected chi connectivity index (χ4v) is 3.03. The van der Waals surface area contributed by atoms with E-state index in [-0.39, 0.29) is 17.3 Å². The Morgan fingerprint density at radius 3 is 2.52 bits per heavy atom. The lowest BCUT2D eigenvalue weighted by molar-refractivity contribution is 0.0795. The number of halogens is 1. The molecule has 0 saturated carbocycles. The second-order valence-corrected chi connectivity index (χ2v) is 6.71. The molecule has 1 saturated heterocycles. The molecule has 0 N–H and O–H groups in total. The van der Waals surface area contributed by atoms with Gasteiger partial charge in [0.25, 0.3) is 0 Å². The van der Waals surface area contributed by atoms with Gasteiger partial charge in [-0.3, -0.25) is 4.79 Å². The van der Waals surface area contributed by atoms with Crippen LogP contribution in [0.2, 0.25) is 0 Å². The molecule has 0 aromatic heterocycles. The standard InChI is InChI=1S/C18H26FNO/c1-4-18(3)9-11-20(12-10-18)13-14(2)17(21)15-7-5-6-8-16(15)19/h5-8,14H,4,9-13H2,1-3H3. The van der Waals surface area contributed by atoms with E-state index in [0.717, 1.165) is 19.6 Å². The van der Waals surface area contributed by atoms with E-state index in [9.17, 15) is 9.18 Å². The van der Waals surface area contributed by atoms with E-state index >= 15 is 0 Å². The molecule has 0 spiro atoms. The first kappa shape index (κ1) is 16.2. The molecule has 1 atom stereocenters. The van der Waals surface area contributed by atoms with Crippen LogP contribution in [0.15, 0.2) is 24.3 Å². The first-order valence-corrected chi connectivity index (χ1v) is 7.96. The summed E-state index contributed by atoms with van der Waals surface area (Å²) in [6, 6.07) is 6.27. The van der Waals surface area contributed by atoms with Crippen LogP contribution in [0.3, 0.4) is 0 Å². The molecule has 3 heteroatoms. The van der Waals surface area contributed by atoms with Gasteiger partial charge in [-0.05, 0) is 43.5 Å². The zero-order valence-corrected chi connectivity index (χ0v) is 13.4. The molecule has 116 valence electrons. The monoisotopic (exact) mass is 291 g/mol. The highest BCUT2D eigenvalue weighted by molar-refractivity contribution is 5.98. The first-order valence-electron chi connectivity index (χ1n) is 7.96. The minimum Gasteiger partial charge on any atom is -0.303 e. The normalized spacial score (nSPS) is 20.2. The first-order chi connectivity index (χ1) is 9.95. The average Bonchev–Trinajstić information content (AvgIpc) is 2.49. The lowest BCUT2D eigenvalue weighted by Crippen LogP contribution is -2.41. The highest BCUT2D eigenvalue weighted by Crippen LogP contribution is 2.34. The van der Waals surface area contributed by atoms with Crippen molar-refractivity contribution in [3.05, 3.63) is 35.6 Å². The van der Waals surface area contributed by atoms with Crippen LogP contribution >= 0.6 is 0 Å². The lowest BCUT2D eigenvalue weighted by Gasteiger charge is -2.39. The molecule has 1 fully saturated rings. The fourth-order valence-electron chi connectivity index (χ4n) is 3.03. The molecule has 1 unspecified atom stereocenters. The van der Waals surface area contributed by atoms with Crippen LogP contribution in [0.4, 0.5) is 4.39 Å². The summed E-state index contributed by atoms with van der Waals surface area (Å²) in [6.45, 7) is 9.31. The Morgan fingerprint density at radius 1 is 1.33 bits per heavy atom. The number of hydrogen-bond donors (Lipinski definition) is 0. The summed E-state index contributed by atoms with van der Waals surface area (Å²) < 4.78 is 13.7. The van der Waals surface area contributed by atoms with Crippen molar-refractivity contribution in [1.29, 1.82) is 0 Å². The number of hydrogen-bond acceptors (Lipinski definition) is 2. The third-order valence-electron chi connectivity index (χ3n) is 5.04. The molecule has 1 aromatic rings. The van der Waals surface area contributed by atoms with Crippen LogP contribution in [0.1, 0.15) is 50.4 Å². The summed E-state index contributed by atoms with van der Waals surface area (Å²) in [6.07, 6.45) is 3.58. The Hall–Kier alpha value is -1.22. The molecule has 1 heterocycles. The topological polar surface area (TPSA) is 20.3 Å². The van der Waals surface area contributed by atoms with Gasteiger partial charge < -0.3 is 4.90 Å². The number of carbonyl (C=O) groups is 1. The Balaban J connectivity index is 1.92. The maximum absolute atomic E-state index is 13.7. The molecule has 2 nitrogen and oxygen atoms in total. The highest BCUT2D eigenvalue weighted by Gasteiger charge is 2.30. The van der Waals surface area contributed by atoms with Crippen LogP contribution in [0.5, 0.6) is 0 Å². The lowest BCUT2D eigenvalue weighted by atomic mass is 9.78. The van der Waals surface area contributed by atoms with Gasteiger partial charge in [-0.1, -0.05) is 39.3 Å². The van der Waals surface area contributed by atoms with E-state index in [1.165, 1.54) is 25.3 Å². The number of benzene rings is 1. The summed E-state index contributed by atoms with van der Waals surface area (Å²) in [5.41, 5.74) is 0.676. The quantitative estimate of drug-likeness (QED) is 0.759. The van der Waals surface area contributed by atoms with Crippen LogP contribution in [-0.2, 0) is 0 Å². The molecule has 0 amide bonds. The number of piperidine rings is 1. The zero-order chi connectivity index (χ0) is 15.5. The zero-order valence-electron chi connectivity index (χ0n) is 13.4. The van der Waals surface area contributed by atoms with E-state index in [1.807, 2.05) is 6.92 Å². The van der Waals surface area contributed by atoms with Crippen molar-refractivity contribution in [3.63, 3.8) is 0 Å². The molecule has 1 aliphatic heterocycles. The summed E-state index contributed by atoms with van der Waals surface area (Å²) in [5, 5.41) is 0. The summed E-state index contributed by atoms with van der Waals surface area (Å²) in [5.74, 6) is -0.656. The summed E-state index contributed by atoms with van der Waals surface area (Å²) in [7, 11) is 0. The van der Waals surface area contributed by atoms with Crippen molar-refractivity contribution in [2.75, 3.05) is 19.6 Å². The Morgan fingerprint density at radius 2 is 1.95 bits per heavy atom. The van der Waals surface area contributed by atoms with Gasteiger partial charge in [0.15, 0.2) is 5.78 Å². The van der Waals surface area contributed by atoms with Crippen molar-refractivity contribution in [2.24, 2.45) is 11.3 Å². The molecule has 2 rings (SSSR count). The third kappa shape index (κ3) is 3.91. The fraction of sp³-hybridized carbons (Fsp3) is 0.611. The SMILES string of the molecule is CCC1(C)CCN(CC(C)C(=O)c2ccccc2F)CC1. The average molecular weight is 291 g/mol. The molecule has 21 heavy (non-hydrogen) atoms. The second kappa shape index (κ2) is 6.69. The minimum absolute atomic E-state index is 0.0862. The van der Waals surface area contributed by atoms with Gasteiger partial charge in [-0.15, -0.1) is 0 Å².